The van der Waals surface area contributed by atoms with Gasteiger partial charge in [-0.3, -0.25) is 4.94 Å². The first-order chi connectivity index (χ1) is 7.58. The van der Waals surface area contributed by atoms with E-state index in [0.717, 1.165) is 22.4 Å². The molecule has 0 amide bonds. The Kier molecular flexibility index (Phi) is 4.28. The third kappa shape index (κ3) is 2.95. The van der Waals surface area contributed by atoms with Crippen LogP contribution in [0.15, 0.2) is 12.1 Å². The van der Waals surface area contributed by atoms with Gasteiger partial charge in [0.15, 0.2) is 0 Å². The highest BCUT2D eigenvalue weighted by molar-refractivity contribution is 5.69. The highest BCUT2D eigenvalue weighted by Crippen LogP contribution is 2.23. The van der Waals surface area contributed by atoms with Gasteiger partial charge in [-0.15, -0.1) is 0 Å². The van der Waals surface area contributed by atoms with E-state index in [-0.39, 0.29) is 6.42 Å². The molecule has 1 aromatic rings. The number of carbonyl (C=O) groups excluding carboxylic acids is 1. The number of hydrogen-bond acceptors (Lipinski definition) is 3. The van der Waals surface area contributed by atoms with E-state index in [0.29, 0.717) is 6.42 Å². The number of rotatable bonds is 4. The van der Waals surface area contributed by atoms with Gasteiger partial charge in [-0.25, -0.2) is 4.79 Å². The zero-order chi connectivity index (χ0) is 12.1. The predicted octanol–water partition coefficient (Wildman–Crippen LogP) is 2.67. The molecule has 1 rings (SSSR count). The molecule has 0 unspecified atom stereocenters. The van der Waals surface area contributed by atoms with Crippen LogP contribution in [0.1, 0.15) is 23.1 Å². The molecular weight excluding hydrogens is 211 g/mol. The van der Waals surface area contributed by atoms with Crippen molar-refractivity contribution in [1.29, 1.82) is 0 Å². The summed E-state index contributed by atoms with van der Waals surface area (Å²) in [6, 6.07) is 3.85. The number of carbonyl (C=O) groups is 1. The van der Waals surface area contributed by atoms with E-state index in [1.807, 2.05) is 26.0 Å². The maximum absolute atomic E-state index is 11.5. The van der Waals surface area contributed by atoms with Crippen molar-refractivity contribution < 1.29 is 19.0 Å². The minimum absolute atomic E-state index is 0.0448. The third-order valence-electron chi connectivity index (χ3n) is 2.54. The molecule has 0 atom stereocenters. The Bertz CT molecular complexity index is 388. The molecule has 3 nitrogen and oxygen atoms in total. The molecule has 0 bridgehead atoms. The molecule has 1 aromatic carbocycles. The lowest BCUT2D eigenvalue weighted by Crippen LogP contribution is -2.02. The second-order valence-electron chi connectivity index (χ2n) is 3.70. The summed E-state index contributed by atoms with van der Waals surface area (Å²) in [6.07, 6.45) is 0.516. The van der Waals surface area contributed by atoms with Crippen molar-refractivity contribution >= 4 is 5.97 Å². The summed E-state index contributed by atoms with van der Waals surface area (Å²) in [6.45, 7) is 3.85. The molecule has 0 N–H and O–H groups in total. The van der Waals surface area contributed by atoms with Crippen LogP contribution < -0.4 is 4.74 Å². The van der Waals surface area contributed by atoms with Crippen molar-refractivity contribution in [1.82, 2.24) is 0 Å². The average Bonchev–Trinajstić information content (AvgIpc) is 2.29. The van der Waals surface area contributed by atoms with Crippen LogP contribution in [0.4, 0.5) is 4.53 Å². The van der Waals surface area contributed by atoms with Crippen LogP contribution in [0.3, 0.4) is 0 Å². The molecular formula is C12H15FO3. The summed E-state index contributed by atoms with van der Waals surface area (Å²) in [7, 11) is 1.61. The van der Waals surface area contributed by atoms with Gasteiger partial charge < -0.3 is 4.74 Å². The standard InChI is InChI=1S/C12H15FO3/c1-8-7-11(15-3)9(2)6-10(8)4-5-12(14)16-13/h6-7H,4-5H2,1-3H3. The van der Waals surface area contributed by atoms with Crippen LogP contribution in [-0.2, 0) is 16.2 Å². The summed E-state index contributed by atoms with van der Waals surface area (Å²) < 4.78 is 16.7. The Morgan fingerprint density at radius 3 is 2.56 bits per heavy atom. The van der Waals surface area contributed by atoms with Crippen molar-refractivity contribution in [2.24, 2.45) is 0 Å². The topological polar surface area (TPSA) is 35.5 Å². The smallest absolute Gasteiger partial charge is 0.349 e. The Morgan fingerprint density at radius 1 is 1.31 bits per heavy atom. The fourth-order valence-electron chi connectivity index (χ4n) is 1.61. The molecule has 0 fully saturated rings. The monoisotopic (exact) mass is 226 g/mol. The molecule has 0 spiro atoms. The maximum atomic E-state index is 11.5. The maximum Gasteiger partial charge on any atom is 0.349 e. The minimum atomic E-state index is -0.840. The number of ether oxygens (including phenoxy) is 1. The van der Waals surface area contributed by atoms with E-state index in [9.17, 15) is 9.32 Å². The first-order valence-electron chi connectivity index (χ1n) is 5.04. The van der Waals surface area contributed by atoms with E-state index in [2.05, 4.69) is 4.94 Å². The summed E-state index contributed by atoms with van der Waals surface area (Å²) in [5.41, 5.74) is 3.02. The predicted molar refractivity (Wildman–Crippen MR) is 58.0 cm³/mol. The summed E-state index contributed by atoms with van der Waals surface area (Å²) in [5, 5.41) is 0. The quantitative estimate of drug-likeness (QED) is 0.791. The Morgan fingerprint density at radius 2 is 2.00 bits per heavy atom. The third-order valence-corrected chi connectivity index (χ3v) is 2.54. The van der Waals surface area contributed by atoms with E-state index in [1.165, 1.54) is 0 Å². The van der Waals surface area contributed by atoms with E-state index >= 15 is 0 Å². The number of aryl methyl sites for hydroxylation is 3. The highest BCUT2D eigenvalue weighted by Gasteiger charge is 2.08. The van der Waals surface area contributed by atoms with Crippen molar-refractivity contribution in [3.8, 4) is 5.75 Å². The van der Waals surface area contributed by atoms with Crippen molar-refractivity contribution in [2.45, 2.75) is 26.7 Å². The SMILES string of the molecule is COc1cc(C)c(CCC(=O)OF)cc1C. The van der Waals surface area contributed by atoms with Gasteiger partial charge in [0, 0.05) is 4.53 Å². The fraction of sp³-hybridized carbons (Fsp3) is 0.417. The van der Waals surface area contributed by atoms with Crippen molar-refractivity contribution in [3.05, 3.63) is 28.8 Å². The van der Waals surface area contributed by atoms with Gasteiger partial charge in [-0.1, -0.05) is 6.07 Å². The minimum Gasteiger partial charge on any atom is -0.496 e. The lowest BCUT2D eigenvalue weighted by Gasteiger charge is -2.10. The number of halogens is 1. The Balaban J connectivity index is 2.81. The van der Waals surface area contributed by atoms with Crippen LogP contribution in [-0.4, -0.2) is 13.1 Å². The summed E-state index contributed by atoms with van der Waals surface area (Å²) in [4.78, 5) is 13.8. The van der Waals surface area contributed by atoms with Gasteiger partial charge in [0.05, 0.1) is 13.5 Å². The number of hydrogen-bond donors (Lipinski definition) is 0. The van der Waals surface area contributed by atoms with Crippen LogP contribution in [0, 0.1) is 13.8 Å². The molecule has 0 heterocycles. The molecule has 0 aliphatic heterocycles. The normalized spacial score (nSPS) is 10.0. The van der Waals surface area contributed by atoms with E-state index < -0.39 is 5.97 Å². The van der Waals surface area contributed by atoms with Crippen molar-refractivity contribution in [2.75, 3.05) is 7.11 Å². The summed E-state index contributed by atoms with van der Waals surface area (Å²) in [5.74, 6) is -0.0258. The molecule has 88 valence electrons. The molecule has 0 aliphatic carbocycles. The van der Waals surface area contributed by atoms with E-state index in [4.69, 9.17) is 4.74 Å². The molecule has 0 aliphatic rings. The first kappa shape index (κ1) is 12.5. The molecule has 0 radical (unpaired) electrons. The Hall–Kier alpha value is -1.58. The van der Waals surface area contributed by atoms with Crippen LogP contribution in [0.25, 0.3) is 0 Å². The van der Waals surface area contributed by atoms with Crippen LogP contribution >= 0.6 is 0 Å². The molecule has 0 aromatic heterocycles. The lowest BCUT2D eigenvalue weighted by atomic mass is 10.0. The van der Waals surface area contributed by atoms with Gasteiger partial charge in [-0.05, 0) is 43.0 Å². The molecule has 0 saturated heterocycles. The van der Waals surface area contributed by atoms with Crippen molar-refractivity contribution in [3.63, 3.8) is 0 Å². The second-order valence-corrected chi connectivity index (χ2v) is 3.70. The molecule has 0 saturated carbocycles. The zero-order valence-corrected chi connectivity index (χ0v) is 9.67. The van der Waals surface area contributed by atoms with Gasteiger partial charge in [0.25, 0.3) is 0 Å². The first-order valence-corrected chi connectivity index (χ1v) is 5.04. The van der Waals surface area contributed by atoms with Crippen LogP contribution in [0.5, 0.6) is 5.75 Å². The highest BCUT2D eigenvalue weighted by atomic mass is 19.3. The molecule has 4 heteroatoms. The fourth-order valence-corrected chi connectivity index (χ4v) is 1.61. The van der Waals surface area contributed by atoms with Gasteiger partial charge in [0.2, 0.25) is 0 Å². The van der Waals surface area contributed by atoms with Crippen LogP contribution in [0.2, 0.25) is 0 Å². The Labute approximate surface area is 94.1 Å². The van der Waals surface area contributed by atoms with Gasteiger partial charge in [-0.2, -0.15) is 0 Å². The largest absolute Gasteiger partial charge is 0.496 e. The number of methoxy groups -OCH3 is 1. The van der Waals surface area contributed by atoms with Gasteiger partial charge in [0.1, 0.15) is 5.75 Å². The summed E-state index contributed by atoms with van der Waals surface area (Å²) >= 11 is 0. The lowest BCUT2D eigenvalue weighted by molar-refractivity contribution is -0.183. The zero-order valence-electron chi connectivity index (χ0n) is 9.67. The second kappa shape index (κ2) is 5.49. The van der Waals surface area contributed by atoms with E-state index in [1.54, 1.807) is 7.11 Å². The number of benzene rings is 1. The van der Waals surface area contributed by atoms with Gasteiger partial charge >= 0.3 is 5.97 Å². The molecule has 16 heavy (non-hydrogen) atoms. The average molecular weight is 226 g/mol.